The largest absolute Gasteiger partial charge is 0 e. The van der Waals surface area contributed by atoms with Gasteiger partial charge < -0.3 is 0 Å². The van der Waals surface area contributed by atoms with Crippen molar-refractivity contribution < 1.29 is 33.1 Å². The zero-order valence-corrected chi connectivity index (χ0v) is 8.22. The van der Waals surface area contributed by atoms with Crippen molar-refractivity contribution >= 4 is 29.1 Å². The predicted octanol–water partition coefficient (Wildman–Crippen LogP) is 2.06. The average molecular weight is 400 g/mol. The van der Waals surface area contributed by atoms with E-state index in [1.54, 1.807) is 0 Å². The predicted molar refractivity (Wildman–Crippen MR) is 17.6 cm³/mol. The molecular formula is Cl3IrRu. The van der Waals surface area contributed by atoms with Crippen LogP contribution >= 0.6 is 29.1 Å². The Morgan fingerprint density at radius 3 is 1.00 bits per heavy atom. The second kappa shape index (κ2) is 6.14. The maximum Gasteiger partial charge on any atom is 0 e. The van der Waals surface area contributed by atoms with E-state index in [-0.39, 0.29) is 20.1 Å². The summed E-state index contributed by atoms with van der Waals surface area (Å²) in [6, 6.07) is 0. The van der Waals surface area contributed by atoms with Crippen molar-refractivity contribution in [1.29, 1.82) is 0 Å². The molecule has 0 N–H and O–H groups in total. The first kappa shape index (κ1) is 10.2. The van der Waals surface area contributed by atoms with Crippen LogP contribution in [0.4, 0.5) is 0 Å². The van der Waals surface area contributed by atoms with Gasteiger partial charge >= 0.3 is 42.1 Å². The Hall–Kier alpha value is 2.14. The fraction of sp³-hybridized carbons (Fsp3) is 0. The summed E-state index contributed by atoms with van der Waals surface area (Å²) in [7, 11) is 14.8. The molecule has 0 unspecified atom stereocenters. The topological polar surface area (TPSA) is 0 Å². The van der Waals surface area contributed by atoms with Gasteiger partial charge in [0.25, 0.3) is 0 Å². The Balaban J connectivity index is 0. The number of hydrogen-bond donors (Lipinski definition) is 0. The van der Waals surface area contributed by atoms with Crippen molar-refractivity contribution in [3.63, 3.8) is 0 Å². The Bertz CT molecular complexity index is 11.6. The van der Waals surface area contributed by atoms with Crippen LogP contribution in [-0.4, -0.2) is 0 Å². The Morgan fingerprint density at radius 1 is 1.00 bits per heavy atom. The van der Waals surface area contributed by atoms with E-state index in [1.165, 1.54) is 0 Å². The van der Waals surface area contributed by atoms with Gasteiger partial charge in [-0.25, -0.2) is 0 Å². The van der Waals surface area contributed by atoms with Gasteiger partial charge in [0.2, 0.25) is 0 Å². The van der Waals surface area contributed by atoms with Gasteiger partial charge in [-0.1, -0.05) is 0 Å². The summed E-state index contributed by atoms with van der Waals surface area (Å²) in [5.41, 5.74) is 0. The van der Waals surface area contributed by atoms with Crippen molar-refractivity contribution in [3.8, 4) is 0 Å². The van der Waals surface area contributed by atoms with Gasteiger partial charge in [0.15, 0.2) is 0 Å². The van der Waals surface area contributed by atoms with E-state index in [4.69, 9.17) is 29.1 Å². The molecule has 0 saturated carbocycles. The third-order valence-corrected chi connectivity index (χ3v) is 0. The fourth-order valence-corrected chi connectivity index (χ4v) is 0. The molecule has 0 rings (SSSR count). The van der Waals surface area contributed by atoms with Crippen molar-refractivity contribution in [1.82, 2.24) is 0 Å². The minimum Gasteiger partial charge on any atom is 0 e. The summed E-state index contributed by atoms with van der Waals surface area (Å²) < 4.78 is 0. The molecule has 0 aromatic rings. The monoisotopic (exact) mass is 400 g/mol. The minimum atomic E-state index is -1.75. The van der Waals surface area contributed by atoms with Crippen LogP contribution in [0, 0.1) is 0 Å². The third kappa shape index (κ3) is 23.0. The van der Waals surface area contributed by atoms with Gasteiger partial charge in [0.1, 0.15) is 0 Å². The molecule has 0 amide bonds. The first-order valence-electron chi connectivity index (χ1n) is 0.401. The summed E-state index contributed by atoms with van der Waals surface area (Å²) in [6.07, 6.45) is 0. The van der Waals surface area contributed by atoms with E-state index in [9.17, 15) is 0 Å². The van der Waals surface area contributed by atoms with Gasteiger partial charge in [-0.2, -0.15) is 0 Å². The van der Waals surface area contributed by atoms with E-state index in [2.05, 4.69) is 0 Å². The molecular weight excluding hydrogens is 400 g/mol. The zero-order chi connectivity index (χ0) is 3.58. The molecule has 0 aromatic carbocycles. The van der Waals surface area contributed by atoms with E-state index < -0.39 is 13.0 Å². The molecule has 5 heteroatoms. The Morgan fingerprint density at radius 2 is 1.00 bits per heavy atom. The normalized spacial score (nSPS) is 9.00. The van der Waals surface area contributed by atoms with Crippen LogP contribution in [0.2, 0.25) is 0 Å². The van der Waals surface area contributed by atoms with Crippen molar-refractivity contribution in [3.05, 3.63) is 0 Å². The molecule has 0 aliphatic rings. The molecule has 0 heterocycles. The molecule has 5 heavy (non-hydrogen) atoms. The molecule has 0 nitrogen and oxygen atoms in total. The molecule has 0 atom stereocenters. The van der Waals surface area contributed by atoms with Crippen LogP contribution in [-0.2, 0) is 33.1 Å². The van der Waals surface area contributed by atoms with Crippen LogP contribution in [0.5, 0.6) is 0 Å². The second-order valence-electron chi connectivity index (χ2n) is 0.152. The zero-order valence-electron chi connectivity index (χ0n) is 1.82. The Kier molecular flexibility index (Phi) is 12.5. The van der Waals surface area contributed by atoms with Crippen molar-refractivity contribution in [2.45, 2.75) is 0 Å². The smallest absolute Gasteiger partial charge is 0 e. The first-order valence-corrected chi connectivity index (χ1v) is 7.12. The van der Waals surface area contributed by atoms with Gasteiger partial charge in [-0.3, -0.25) is 0 Å². The van der Waals surface area contributed by atoms with Gasteiger partial charge in [-0.15, -0.1) is 0 Å². The third-order valence-electron chi connectivity index (χ3n) is 0. The molecule has 1 radical (unpaired) electrons. The second-order valence-corrected chi connectivity index (χ2v) is 8.07. The molecule has 38 valence electrons. The minimum absolute atomic E-state index is 0. The molecule has 0 aromatic heterocycles. The van der Waals surface area contributed by atoms with Crippen LogP contribution in [0.15, 0.2) is 0 Å². The quantitative estimate of drug-likeness (QED) is 0.547. The Labute approximate surface area is 61.5 Å². The first-order chi connectivity index (χ1) is 1.73. The van der Waals surface area contributed by atoms with E-state index >= 15 is 0 Å². The SMILES string of the molecule is [Cl][Ru]([Cl])[Cl].[Ir]. The van der Waals surface area contributed by atoms with Crippen LogP contribution in [0.3, 0.4) is 0 Å². The maximum atomic E-state index is 4.95. The van der Waals surface area contributed by atoms with Gasteiger partial charge in [0.05, 0.1) is 0 Å². The molecule has 0 aliphatic heterocycles. The van der Waals surface area contributed by atoms with Crippen LogP contribution in [0.1, 0.15) is 0 Å². The van der Waals surface area contributed by atoms with Crippen LogP contribution < -0.4 is 0 Å². The van der Waals surface area contributed by atoms with Crippen molar-refractivity contribution in [2.75, 3.05) is 0 Å². The maximum absolute atomic E-state index is 4.95. The van der Waals surface area contributed by atoms with Crippen LogP contribution in [0.25, 0.3) is 0 Å². The fourth-order valence-electron chi connectivity index (χ4n) is 0. The molecule has 0 aliphatic carbocycles. The number of rotatable bonds is 0. The molecule has 0 spiro atoms. The number of hydrogen-bond acceptors (Lipinski definition) is 0. The molecule has 0 saturated heterocycles. The van der Waals surface area contributed by atoms with E-state index in [1.807, 2.05) is 0 Å². The standard InChI is InChI=1S/3ClH.Ir.Ru/h3*1H;;/q;;;;+3/p-3. The average Bonchev–Trinajstić information content (AvgIpc) is 0.811. The van der Waals surface area contributed by atoms with E-state index in [0.29, 0.717) is 0 Å². The summed E-state index contributed by atoms with van der Waals surface area (Å²) in [5, 5.41) is 0. The number of halogens is 3. The van der Waals surface area contributed by atoms with Gasteiger partial charge in [-0.05, 0) is 0 Å². The summed E-state index contributed by atoms with van der Waals surface area (Å²) >= 11 is -1.75. The van der Waals surface area contributed by atoms with Crippen molar-refractivity contribution in [2.24, 2.45) is 0 Å². The van der Waals surface area contributed by atoms with Gasteiger partial charge in [0, 0.05) is 20.1 Å². The summed E-state index contributed by atoms with van der Waals surface area (Å²) in [6.45, 7) is 0. The molecule has 0 bridgehead atoms. The van der Waals surface area contributed by atoms with E-state index in [0.717, 1.165) is 0 Å². The summed E-state index contributed by atoms with van der Waals surface area (Å²) in [5.74, 6) is 0. The molecule has 0 fully saturated rings. The summed E-state index contributed by atoms with van der Waals surface area (Å²) in [4.78, 5) is 0.